The van der Waals surface area contributed by atoms with Crippen molar-refractivity contribution in [3.8, 4) is 5.75 Å². The molecule has 0 aromatic heterocycles. The number of phenols is 1. The Labute approximate surface area is 174 Å². The van der Waals surface area contributed by atoms with Crippen molar-refractivity contribution in [3.05, 3.63) is 64.2 Å². The van der Waals surface area contributed by atoms with Crippen LogP contribution in [0.4, 0.5) is 0 Å². The Morgan fingerprint density at radius 3 is 2.61 bits per heavy atom. The quantitative estimate of drug-likeness (QED) is 0.545. The Morgan fingerprint density at radius 2 is 1.93 bits per heavy atom. The summed E-state index contributed by atoms with van der Waals surface area (Å²) in [4.78, 5) is 2.46. The maximum absolute atomic E-state index is 9.96. The van der Waals surface area contributed by atoms with Gasteiger partial charge >= 0.3 is 0 Å². The summed E-state index contributed by atoms with van der Waals surface area (Å²) >= 11 is 5.98. The van der Waals surface area contributed by atoms with Gasteiger partial charge in [-0.05, 0) is 80.9 Å². The van der Waals surface area contributed by atoms with Crippen molar-refractivity contribution in [2.45, 2.75) is 64.1 Å². The fraction of sp³-hybridized carbons (Fsp3) is 0.500. The average molecular weight is 401 g/mol. The lowest BCUT2D eigenvalue weighted by Gasteiger charge is -2.28. The fourth-order valence-corrected chi connectivity index (χ4v) is 3.93. The zero-order valence-corrected chi connectivity index (χ0v) is 17.9. The summed E-state index contributed by atoms with van der Waals surface area (Å²) in [6, 6.07) is 15.6. The van der Waals surface area contributed by atoms with Gasteiger partial charge < -0.3 is 15.3 Å². The van der Waals surface area contributed by atoms with Crippen molar-refractivity contribution < 1.29 is 5.11 Å². The number of hydrogen-bond acceptors (Lipinski definition) is 3. The molecule has 1 aliphatic carbocycles. The second-order valence-corrected chi connectivity index (χ2v) is 8.49. The number of aromatic hydroxyl groups is 1. The van der Waals surface area contributed by atoms with Gasteiger partial charge in [0.1, 0.15) is 5.75 Å². The number of rotatable bonds is 11. The lowest BCUT2D eigenvalue weighted by molar-refractivity contribution is 0.228. The van der Waals surface area contributed by atoms with Gasteiger partial charge in [0.2, 0.25) is 0 Å². The van der Waals surface area contributed by atoms with Crippen LogP contribution in [0.1, 0.15) is 49.3 Å². The van der Waals surface area contributed by atoms with E-state index in [9.17, 15) is 5.11 Å². The molecule has 2 aromatic rings. The van der Waals surface area contributed by atoms with Gasteiger partial charge in [-0.25, -0.2) is 0 Å². The Hall–Kier alpha value is -1.55. The Kier molecular flexibility index (Phi) is 7.78. The molecule has 0 heterocycles. The van der Waals surface area contributed by atoms with Crippen molar-refractivity contribution in [2.75, 3.05) is 13.6 Å². The smallest absolute Gasteiger partial charge is 0.134 e. The predicted octanol–water partition coefficient (Wildman–Crippen LogP) is 5.18. The number of hydrogen-bond donors (Lipinski definition) is 2. The molecule has 0 bridgehead atoms. The molecule has 2 aromatic carbocycles. The molecule has 1 unspecified atom stereocenters. The summed E-state index contributed by atoms with van der Waals surface area (Å²) in [5, 5.41) is 14.0. The highest BCUT2D eigenvalue weighted by Crippen LogP contribution is 2.26. The molecule has 152 valence electrons. The first kappa shape index (κ1) is 21.2. The van der Waals surface area contributed by atoms with Crippen molar-refractivity contribution in [1.29, 1.82) is 0 Å². The third-order valence-electron chi connectivity index (χ3n) is 5.71. The number of nitrogens with zero attached hydrogens (tertiary/aromatic N) is 1. The molecule has 0 radical (unpaired) electrons. The fourth-order valence-electron chi connectivity index (χ4n) is 3.81. The normalized spacial score (nSPS) is 15.1. The predicted molar refractivity (Wildman–Crippen MR) is 118 cm³/mol. The van der Waals surface area contributed by atoms with E-state index in [0.717, 1.165) is 50.4 Å². The molecule has 0 aliphatic heterocycles. The highest BCUT2D eigenvalue weighted by Gasteiger charge is 2.21. The first-order valence-corrected chi connectivity index (χ1v) is 10.9. The topological polar surface area (TPSA) is 35.5 Å². The van der Waals surface area contributed by atoms with E-state index in [4.69, 9.17) is 11.6 Å². The van der Waals surface area contributed by atoms with Crippen LogP contribution >= 0.6 is 11.6 Å². The molecule has 1 fully saturated rings. The van der Waals surface area contributed by atoms with Crippen molar-refractivity contribution >= 4 is 11.6 Å². The molecule has 28 heavy (non-hydrogen) atoms. The molecule has 1 aliphatic rings. The zero-order valence-electron chi connectivity index (χ0n) is 17.1. The van der Waals surface area contributed by atoms with Gasteiger partial charge in [-0.2, -0.15) is 0 Å². The number of halogens is 1. The Bertz CT molecular complexity index is 760. The molecule has 2 N–H and O–H groups in total. The minimum Gasteiger partial charge on any atom is -0.506 e. The molecule has 0 spiro atoms. The van der Waals surface area contributed by atoms with E-state index >= 15 is 0 Å². The monoisotopic (exact) mass is 400 g/mol. The second kappa shape index (κ2) is 10.3. The van der Waals surface area contributed by atoms with Crippen LogP contribution in [0.15, 0.2) is 42.5 Å². The number of aryl methyl sites for hydroxylation is 1. The molecule has 3 rings (SSSR count). The van der Waals surface area contributed by atoms with Gasteiger partial charge in [0.05, 0.1) is 5.02 Å². The first-order chi connectivity index (χ1) is 13.6. The highest BCUT2D eigenvalue weighted by atomic mass is 35.5. The van der Waals surface area contributed by atoms with Gasteiger partial charge in [0.15, 0.2) is 0 Å². The maximum Gasteiger partial charge on any atom is 0.134 e. The molecular formula is C24H33ClN2O. The maximum atomic E-state index is 9.96. The number of phenolic OH excluding ortho intramolecular Hbond substituents is 1. The van der Waals surface area contributed by atoms with Gasteiger partial charge in [0, 0.05) is 18.6 Å². The lowest BCUT2D eigenvalue weighted by atomic mass is 9.95. The van der Waals surface area contributed by atoms with E-state index in [1.54, 1.807) is 6.07 Å². The van der Waals surface area contributed by atoms with Crippen molar-refractivity contribution in [2.24, 2.45) is 0 Å². The number of nitrogens with one attached hydrogen (secondary N) is 1. The lowest BCUT2D eigenvalue weighted by Crippen LogP contribution is -2.34. The summed E-state index contributed by atoms with van der Waals surface area (Å²) in [6.45, 7) is 4.27. The SMILES string of the molecule is CCCN(C)C(CCc1ccccc1CNC1CC1)Cc1ccc(Cl)c(O)c1. The van der Waals surface area contributed by atoms with Crippen LogP contribution < -0.4 is 5.32 Å². The average Bonchev–Trinajstić information content (AvgIpc) is 3.51. The van der Waals surface area contributed by atoms with Crippen molar-refractivity contribution in [1.82, 2.24) is 10.2 Å². The van der Waals surface area contributed by atoms with Crippen LogP contribution in [-0.4, -0.2) is 35.7 Å². The molecule has 1 saturated carbocycles. The van der Waals surface area contributed by atoms with E-state index in [1.807, 2.05) is 12.1 Å². The Balaban J connectivity index is 1.66. The van der Waals surface area contributed by atoms with Crippen LogP contribution in [-0.2, 0) is 19.4 Å². The molecule has 3 nitrogen and oxygen atoms in total. The van der Waals surface area contributed by atoms with E-state index < -0.39 is 0 Å². The molecule has 4 heteroatoms. The summed E-state index contributed by atoms with van der Waals surface area (Å²) in [5.74, 6) is 0.174. The van der Waals surface area contributed by atoms with Crippen LogP contribution in [0.25, 0.3) is 0 Å². The van der Waals surface area contributed by atoms with Crippen molar-refractivity contribution in [3.63, 3.8) is 0 Å². The summed E-state index contributed by atoms with van der Waals surface area (Å²) in [6.07, 6.45) is 6.87. The first-order valence-electron chi connectivity index (χ1n) is 10.5. The van der Waals surface area contributed by atoms with Gasteiger partial charge in [0.25, 0.3) is 0 Å². The second-order valence-electron chi connectivity index (χ2n) is 8.09. The van der Waals surface area contributed by atoms with E-state index in [2.05, 4.69) is 48.5 Å². The molecular weight excluding hydrogens is 368 g/mol. The van der Waals surface area contributed by atoms with Crippen LogP contribution in [0.2, 0.25) is 5.02 Å². The van der Waals surface area contributed by atoms with E-state index in [0.29, 0.717) is 11.1 Å². The summed E-state index contributed by atoms with van der Waals surface area (Å²) in [5.41, 5.74) is 4.01. The third-order valence-corrected chi connectivity index (χ3v) is 6.02. The van der Waals surface area contributed by atoms with E-state index in [1.165, 1.54) is 24.0 Å². The minimum atomic E-state index is 0.174. The van der Waals surface area contributed by atoms with Crippen LogP contribution in [0.3, 0.4) is 0 Å². The van der Waals surface area contributed by atoms with Crippen LogP contribution in [0, 0.1) is 0 Å². The molecule has 0 amide bonds. The van der Waals surface area contributed by atoms with Gasteiger partial charge in [-0.15, -0.1) is 0 Å². The molecule has 1 atom stereocenters. The van der Waals surface area contributed by atoms with Crippen LogP contribution in [0.5, 0.6) is 5.75 Å². The van der Waals surface area contributed by atoms with Gasteiger partial charge in [-0.3, -0.25) is 0 Å². The molecule has 0 saturated heterocycles. The Morgan fingerprint density at radius 1 is 1.18 bits per heavy atom. The minimum absolute atomic E-state index is 0.174. The number of likely N-dealkylation sites (N-methyl/N-ethyl adjacent to an activating group) is 1. The number of benzene rings is 2. The zero-order chi connectivity index (χ0) is 19.9. The van der Waals surface area contributed by atoms with E-state index in [-0.39, 0.29) is 5.75 Å². The highest BCUT2D eigenvalue weighted by molar-refractivity contribution is 6.32. The standard InChI is InChI=1S/C24H33ClN2O/c1-3-14-27(2)22(15-18-8-13-23(25)24(28)16-18)12-9-19-6-4-5-7-20(19)17-26-21-10-11-21/h4-8,13,16,21-22,26,28H,3,9-12,14-15,17H2,1-2H3. The van der Waals surface area contributed by atoms with Gasteiger partial charge in [-0.1, -0.05) is 48.9 Å². The summed E-state index contributed by atoms with van der Waals surface area (Å²) in [7, 11) is 2.21. The summed E-state index contributed by atoms with van der Waals surface area (Å²) < 4.78 is 0. The third kappa shape index (κ3) is 6.23. The largest absolute Gasteiger partial charge is 0.506 e.